The Balaban J connectivity index is 2.80. The van der Waals surface area contributed by atoms with Crippen LogP contribution in [0.5, 0.6) is 0 Å². The van der Waals surface area contributed by atoms with Crippen LogP contribution in [0.1, 0.15) is 37.1 Å². The molecule has 84 valence electrons. The Morgan fingerprint density at radius 3 is 2.60 bits per heavy atom. The second-order valence-corrected chi connectivity index (χ2v) is 5.83. The van der Waals surface area contributed by atoms with Crippen molar-refractivity contribution in [3.8, 4) is 0 Å². The number of halogens is 3. The lowest BCUT2D eigenvalue weighted by Gasteiger charge is -2.16. The first-order valence-electron chi connectivity index (χ1n) is 5.13. The lowest BCUT2D eigenvalue weighted by atomic mass is 9.99. The molecule has 0 radical (unpaired) electrons. The zero-order valence-corrected chi connectivity index (χ0v) is 12.0. The smallest absolute Gasteiger partial charge is 0.0450 e. The van der Waals surface area contributed by atoms with Crippen molar-refractivity contribution >= 4 is 39.1 Å². The van der Waals surface area contributed by atoms with Crippen molar-refractivity contribution in [1.29, 1.82) is 0 Å². The Hall–Kier alpha value is 0.280. The highest BCUT2D eigenvalue weighted by Crippen LogP contribution is 2.36. The highest BCUT2D eigenvalue weighted by Gasteiger charge is 2.14. The molecule has 0 spiro atoms. The van der Waals surface area contributed by atoms with Crippen molar-refractivity contribution in [1.82, 2.24) is 0 Å². The van der Waals surface area contributed by atoms with Crippen molar-refractivity contribution < 1.29 is 0 Å². The van der Waals surface area contributed by atoms with Crippen LogP contribution in [0, 0.1) is 5.92 Å². The molecule has 2 unspecified atom stereocenters. The highest BCUT2D eigenvalue weighted by atomic mass is 79.9. The van der Waals surface area contributed by atoms with Crippen LogP contribution in [0.15, 0.2) is 18.2 Å². The van der Waals surface area contributed by atoms with Crippen LogP contribution in [0.25, 0.3) is 0 Å². The maximum atomic E-state index is 6.13. The fourth-order valence-corrected chi connectivity index (χ4v) is 2.98. The second-order valence-electron chi connectivity index (χ2n) is 3.88. The molecule has 0 amide bonds. The summed E-state index contributed by atoms with van der Waals surface area (Å²) in [5, 5.41) is 1.52. The maximum absolute atomic E-state index is 6.13. The minimum Gasteiger partial charge on any atom is -0.0843 e. The van der Waals surface area contributed by atoms with Crippen LogP contribution in [0.4, 0.5) is 0 Å². The predicted molar refractivity (Wildman–Crippen MR) is 72.2 cm³/mol. The molecule has 0 aromatic heterocycles. The number of hydrogen-bond acceptors (Lipinski definition) is 0. The number of alkyl halides is 1. The Labute approximate surface area is 110 Å². The Morgan fingerprint density at radius 2 is 2.00 bits per heavy atom. The van der Waals surface area contributed by atoms with Gasteiger partial charge in [0.2, 0.25) is 0 Å². The molecule has 0 saturated carbocycles. The maximum Gasteiger partial charge on any atom is 0.0450 e. The molecule has 2 atom stereocenters. The van der Waals surface area contributed by atoms with Crippen LogP contribution in [0.2, 0.25) is 10.0 Å². The topological polar surface area (TPSA) is 0 Å². The average molecular weight is 310 g/mol. The van der Waals surface area contributed by atoms with Crippen LogP contribution < -0.4 is 0 Å². The van der Waals surface area contributed by atoms with Gasteiger partial charge in [0.25, 0.3) is 0 Å². The van der Waals surface area contributed by atoms with E-state index in [9.17, 15) is 0 Å². The molecule has 0 saturated heterocycles. The SMILES string of the molecule is CCC(C)CC(Br)c1cc(Cl)ccc1Cl. The molecule has 15 heavy (non-hydrogen) atoms. The van der Waals surface area contributed by atoms with Gasteiger partial charge in [-0.15, -0.1) is 0 Å². The number of hydrogen-bond donors (Lipinski definition) is 0. The zero-order chi connectivity index (χ0) is 11.4. The second kappa shape index (κ2) is 6.12. The van der Waals surface area contributed by atoms with E-state index in [1.807, 2.05) is 18.2 Å². The van der Waals surface area contributed by atoms with E-state index in [0.717, 1.165) is 22.0 Å². The van der Waals surface area contributed by atoms with E-state index in [1.165, 1.54) is 6.42 Å². The largest absolute Gasteiger partial charge is 0.0843 e. The predicted octanol–water partition coefficient (Wildman–Crippen LogP) is 5.87. The molecule has 1 aromatic carbocycles. The van der Waals surface area contributed by atoms with E-state index in [0.29, 0.717) is 10.7 Å². The first kappa shape index (κ1) is 13.3. The summed E-state index contributed by atoms with van der Waals surface area (Å²) in [7, 11) is 0. The Kier molecular flexibility index (Phi) is 5.45. The highest BCUT2D eigenvalue weighted by molar-refractivity contribution is 9.09. The molecule has 1 aromatic rings. The van der Waals surface area contributed by atoms with Crippen LogP contribution in [-0.2, 0) is 0 Å². The van der Waals surface area contributed by atoms with Crippen molar-refractivity contribution in [2.24, 2.45) is 5.92 Å². The van der Waals surface area contributed by atoms with E-state index in [1.54, 1.807) is 0 Å². The molecule has 1 rings (SSSR count). The number of rotatable bonds is 4. The van der Waals surface area contributed by atoms with Gasteiger partial charge in [-0.3, -0.25) is 0 Å². The first-order chi connectivity index (χ1) is 7.04. The van der Waals surface area contributed by atoms with Gasteiger partial charge in [-0.25, -0.2) is 0 Å². The molecule has 0 fully saturated rings. The van der Waals surface area contributed by atoms with E-state index in [4.69, 9.17) is 23.2 Å². The number of benzene rings is 1. The van der Waals surface area contributed by atoms with Gasteiger partial charge in [0, 0.05) is 14.9 Å². The van der Waals surface area contributed by atoms with Gasteiger partial charge in [0.05, 0.1) is 0 Å². The molecule has 0 aliphatic heterocycles. The van der Waals surface area contributed by atoms with Crippen LogP contribution >= 0.6 is 39.1 Å². The monoisotopic (exact) mass is 308 g/mol. The molecule has 0 bridgehead atoms. The molecule has 0 heterocycles. The fraction of sp³-hybridized carbons (Fsp3) is 0.500. The van der Waals surface area contributed by atoms with Crippen molar-refractivity contribution in [3.63, 3.8) is 0 Å². The summed E-state index contributed by atoms with van der Waals surface area (Å²) in [5.74, 6) is 0.685. The van der Waals surface area contributed by atoms with Gasteiger partial charge in [-0.05, 0) is 36.1 Å². The molecule has 0 aliphatic carbocycles. The van der Waals surface area contributed by atoms with Crippen molar-refractivity contribution in [2.45, 2.75) is 31.5 Å². The van der Waals surface area contributed by atoms with Crippen molar-refractivity contribution in [3.05, 3.63) is 33.8 Å². The minimum absolute atomic E-state index is 0.290. The van der Waals surface area contributed by atoms with Gasteiger partial charge < -0.3 is 0 Å². The summed E-state index contributed by atoms with van der Waals surface area (Å²) in [6.45, 7) is 4.44. The minimum atomic E-state index is 0.290. The summed E-state index contributed by atoms with van der Waals surface area (Å²) in [6.07, 6.45) is 2.26. The third kappa shape index (κ3) is 3.97. The van der Waals surface area contributed by atoms with Gasteiger partial charge in [-0.1, -0.05) is 59.4 Å². The zero-order valence-electron chi connectivity index (χ0n) is 8.93. The standard InChI is InChI=1S/C12H15BrCl2/c1-3-8(2)6-11(13)10-7-9(14)4-5-12(10)15/h4-5,7-8,11H,3,6H2,1-2H3. The van der Waals surface area contributed by atoms with E-state index in [-0.39, 0.29) is 0 Å². The Bertz CT molecular complexity index is 325. The van der Waals surface area contributed by atoms with E-state index < -0.39 is 0 Å². The summed E-state index contributed by atoms with van der Waals surface area (Å²) in [6, 6.07) is 5.60. The lowest BCUT2D eigenvalue weighted by molar-refractivity contribution is 0.514. The van der Waals surface area contributed by atoms with Crippen LogP contribution in [0.3, 0.4) is 0 Å². The first-order valence-corrected chi connectivity index (χ1v) is 6.80. The quantitative estimate of drug-likeness (QED) is 0.610. The van der Waals surface area contributed by atoms with Gasteiger partial charge >= 0.3 is 0 Å². The summed E-state index contributed by atoms with van der Waals surface area (Å²) >= 11 is 15.8. The van der Waals surface area contributed by atoms with Crippen molar-refractivity contribution in [2.75, 3.05) is 0 Å². The normalized spacial score (nSPS) is 15.0. The van der Waals surface area contributed by atoms with Gasteiger partial charge in [0.1, 0.15) is 0 Å². The lowest BCUT2D eigenvalue weighted by Crippen LogP contribution is -1.99. The van der Waals surface area contributed by atoms with E-state index in [2.05, 4.69) is 29.8 Å². The summed E-state index contributed by atoms with van der Waals surface area (Å²) in [4.78, 5) is 0.290. The summed E-state index contributed by atoms with van der Waals surface area (Å²) < 4.78 is 0. The fourth-order valence-electron chi connectivity index (χ4n) is 1.40. The molecular weight excluding hydrogens is 295 g/mol. The Morgan fingerprint density at radius 1 is 1.33 bits per heavy atom. The third-order valence-corrected chi connectivity index (χ3v) is 4.05. The van der Waals surface area contributed by atoms with Gasteiger partial charge in [-0.2, -0.15) is 0 Å². The molecule has 0 nitrogen and oxygen atoms in total. The van der Waals surface area contributed by atoms with Gasteiger partial charge in [0.15, 0.2) is 0 Å². The molecule has 3 heteroatoms. The molecular formula is C12H15BrCl2. The van der Waals surface area contributed by atoms with E-state index >= 15 is 0 Å². The summed E-state index contributed by atoms with van der Waals surface area (Å²) in [5.41, 5.74) is 1.09. The molecule has 0 N–H and O–H groups in total. The third-order valence-electron chi connectivity index (χ3n) is 2.60. The molecule has 0 aliphatic rings. The average Bonchev–Trinajstić information content (AvgIpc) is 2.21. The van der Waals surface area contributed by atoms with Crippen LogP contribution in [-0.4, -0.2) is 0 Å².